The lowest BCUT2D eigenvalue weighted by atomic mass is 10.1. The number of hydrogen-bond acceptors (Lipinski definition) is 4. The van der Waals surface area contributed by atoms with E-state index < -0.39 is 17.5 Å². The minimum Gasteiger partial charge on any atom is -0.322 e. The molecule has 4 aromatic rings. The minimum absolute atomic E-state index is 0.205. The number of H-pyrrole nitrogens is 1. The average Bonchev–Trinajstić information content (AvgIpc) is 3.23. The molecule has 0 radical (unpaired) electrons. The predicted molar refractivity (Wildman–Crippen MR) is 106 cm³/mol. The number of hydrogen-bond donors (Lipinski definition) is 2. The summed E-state index contributed by atoms with van der Waals surface area (Å²) >= 11 is 0. The Morgan fingerprint density at radius 1 is 1.30 bits per heavy atom. The van der Waals surface area contributed by atoms with Gasteiger partial charge < -0.3 is 5.32 Å². The van der Waals surface area contributed by atoms with Crippen LogP contribution in [0.5, 0.6) is 0 Å². The summed E-state index contributed by atoms with van der Waals surface area (Å²) < 4.78 is 29.2. The van der Waals surface area contributed by atoms with Gasteiger partial charge in [-0.3, -0.25) is 9.89 Å². The summed E-state index contributed by atoms with van der Waals surface area (Å²) in [4.78, 5) is 17.2. The fraction of sp³-hybridized carbons (Fsp3) is 0.238. The number of nitrogens with one attached hydrogen (secondary N) is 2. The molecule has 1 aliphatic rings. The van der Waals surface area contributed by atoms with Gasteiger partial charge in [-0.05, 0) is 55.5 Å². The molecule has 1 aliphatic carbocycles. The van der Waals surface area contributed by atoms with Crippen LogP contribution < -0.4 is 5.32 Å². The Hall–Kier alpha value is -3.62. The number of amides is 1. The van der Waals surface area contributed by atoms with Gasteiger partial charge in [0.1, 0.15) is 17.5 Å². The summed E-state index contributed by atoms with van der Waals surface area (Å²) in [7, 11) is 0. The number of benzene rings is 1. The zero-order valence-corrected chi connectivity index (χ0v) is 16.1. The quantitative estimate of drug-likeness (QED) is 0.524. The Labute approximate surface area is 170 Å². The van der Waals surface area contributed by atoms with Gasteiger partial charge in [0.25, 0.3) is 5.91 Å². The van der Waals surface area contributed by atoms with Crippen LogP contribution in [-0.4, -0.2) is 30.7 Å². The second kappa shape index (κ2) is 7.01. The maximum absolute atomic E-state index is 14.6. The molecule has 1 fully saturated rings. The summed E-state index contributed by atoms with van der Waals surface area (Å²) in [5, 5.41) is 13.8. The fourth-order valence-corrected chi connectivity index (χ4v) is 3.40. The van der Waals surface area contributed by atoms with E-state index in [0.717, 1.165) is 12.2 Å². The highest BCUT2D eigenvalue weighted by Gasteiger charge is 2.24. The highest BCUT2D eigenvalue weighted by molar-refractivity contribution is 6.09. The zero-order valence-electron chi connectivity index (χ0n) is 16.1. The normalized spacial score (nSPS) is 13.7. The van der Waals surface area contributed by atoms with E-state index in [-0.39, 0.29) is 17.0 Å². The molecule has 3 aromatic heterocycles. The monoisotopic (exact) mass is 408 g/mol. The molecular formula is C21H18F2N6O. The van der Waals surface area contributed by atoms with Gasteiger partial charge in [0, 0.05) is 12.1 Å². The number of aryl methyl sites for hydroxylation is 1. The summed E-state index contributed by atoms with van der Waals surface area (Å²) in [5.74, 6) is 0.268. The average molecular weight is 408 g/mol. The van der Waals surface area contributed by atoms with Crippen LogP contribution in [0, 0.1) is 24.5 Å². The van der Waals surface area contributed by atoms with E-state index in [0.29, 0.717) is 22.7 Å². The molecule has 2 N–H and O–H groups in total. The molecule has 9 heteroatoms. The second-order valence-electron chi connectivity index (χ2n) is 7.59. The predicted octanol–water partition coefficient (Wildman–Crippen LogP) is 3.91. The van der Waals surface area contributed by atoms with E-state index >= 15 is 0 Å². The van der Waals surface area contributed by atoms with Crippen molar-refractivity contribution < 1.29 is 13.6 Å². The van der Waals surface area contributed by atoms with Crippen molar-refractivity contribution in [2.24, 2.45) is 5.92 Å². The number of aromatic amines is 1. The van der Waals surface area contributed by atoms with Crippen LogP contribution in [-0.2, 0) is 6.42 Å². The summed E-state index contributed by atoms with van der Waals surface area (Å²) in [6, 6.07) is 5.61. The van der Waals surface area contributed by atoms with Gasteiger partial charge in [0.2, 0.25) is 0 Å². The number of pyridine rings is 1. The first-order valence-corrected chi connectivity index (χ1v) is 9.64. The molecule has 0 atom stereocenters. The molecule has 0 bridgehead atoms. The molecule has 0 aliphatic heterocycles. The highest BCUT2D eigenvalue weighted by atomic mass is 19.1. The standard InChI is InChI=1S/C21H18F2N6O/c1-11-6-16(23)14(20-26-19(27-28-20)7-12-2-3-12)8-17(11)25-21(30)15-9-24-29-10-13(22)4-5-18(15)29/h4-6,8-10,12H,2-3,7H2,1H3,(H,25,30)(H,26,27,28). The van der Waals surface area contributed by atoms with Crippen molar-refractivity contribution in [3.05, 3.63) is 65.2 Å². The number of anilines is 1. The number of aromatic nitrogens is 5. The molecule has 1 saturated carbocycles. The Bertz CT molecular complexity index is 1270. The van der Waals surface area contributed by atoms with Crippen molar-refractivity contribution >= 4 is 17.1 Å². The largest absolute Gasteiger partial charge is 0.322 e. The fourth-order valence-electron chi connectivity index (χ4n) is 3.40. The maximum atomic E-state index is 14.6. The Morgan fingerprint density at radius 2 is 2.13 bits per heavy atom. The van der Waals surface area contributed by atoms with E-state index in [9.17, 15) is 13.6 Å². The first-order valence-electron chi connectivity index (χ1n) is 9.64. The third-order valence-electron chi connectivity index (χ3n) is 5.24. The number of nitrogens with zero attached hydrogens (tertiary/aromatic N) is 4. The molecule has 1 amide bonds. The van der Waals surface area contributed by atoms with Crippen LogP contribution in [0.25, 0.3) is 16.9 Å². The number of halogens is 2. The Morgan fingerprint density at radius 3 is 2.93 bits per heavy atom. The van der Waals surface area contributed by atoms with Crippen molar-refractivity contribution in [3.63, 3.8) is 0 Å². The van der Waals surface area contributed by atoms with Crippen molar-refractivity contribution in [2.75, 3.05) is 5.32 Å². The highest BCUT2D eigenvalue weighted by Crippen LogP contribution is 2.32. The van der Waals surface area contributed by atoms with Crippen LogP contribution in [0.15, 0.2) is 36.7 Å². The van der Waals surface area contributed by atoms with Crippen molar-refractivity contribution in [1.29, 1.82) is 0 Å². The van der Waals surface area contributed by atoms with Crippen LogP contribution >= 0.6 is 0 Å². The van der Waals surface area contributed by atoms with Gasteiger partial charge in [0.15, 0.2) is 5.82 Å². The summed E-state index contributed by atoms with van der Waals surface area (Å²) in [6.45, 7) is 1.70. The van der Waals surface area contributed by atoms with E-state index in [1.54, 1.807) is 6.92 Å². The van der Waals surface area contributed by atoms with Gasteiger partial charge in [0.05, 0.1) is 29.0 Å². The lowest BCUT2D eigenvalue weighted by molar-refractivity contribution is 0.102. The third-order valence-corrected chi connectivity index (χ3v) is 5.24. The van der Waals surface area contributed by atoms with E-state index in [4.69, 9.17) is 0 Å². The van der Waals surface area contributed by atoms with E-state index in [1.165, 1.54) is 54.0 Å². The van der Waals surface area contributed by atoms with E-state index in [2.05, 4.69) is 25.6 Å². The summed E-state index contributed by atoms with van der Waals surface area (Å²) in [6.07, 6.45) is 5.72. The number of fused-ring (bicyclic) bond motifs is 1. The molecule has 152 valence electrons. The van der Waals surface area contributed by atoms with Crippen molar-refractivity contribution in [3.8, 4) is 11.4 Å². The maximum Gasteiger partial charge on any atom is 0.259 e. The molecule has 7 nitrogen and oxygen atoms in total. The van der Waals surface area contributed by atoms with Crippen LogP contribution in [0.3, 0.4) is 0 Å². The molecule has 0 unspecified atom stereocenters. The van der Waals surface area contributed by atoms with Crippen molar-refractivity contribution in [2.45, 2.75) is 26.2 Å². The second-order valence-corrected chi connectivity index (χ2v) is 7.59. The molecule has 3 heterocycles. The van der Waals surface area contributed by atoms with Crippen molar-refractivity contribution in [1.82, 2.24) is 24.8 Å². The topological polar surface area (TPSA) is 88.0 Å². The smallest absolute Gasteiger partial charge is 0.259 e. The zero-order chi connectivity index (χ0) is 20.8. The third kappa shape index (κ3) is 3.42. The van der Waals surface area contributed by atoms with Gasteiger partial charge in [-0.15, -0.1) is 0 Å². The van der Waals surface area contributed by atoms with Crippen LogP contribution in [0.2, 0.25) is 0 Å². The summed E-state index contributed by atoms with van der Waals surface area (Å²) in [5.41, 5.74) is 1.95. The van der Waals surface area contributed by atoms with Gasteiger partial charge >= 0.3 is 0 Å². The first-order chi connectivity index (χ1) is 14.5. The SMILES string of the molecule is Cc1cc(F)c(-c2n[nH]c(CC3CC3)n2)cc1NC(=O)c1cnn2cc(F)ccc12. The Kier molecular flexibility index (Phi) is 4.30. The molecule has 0 spiro atoms. The number of carbonyl (C=O) groups is 1. The van der Waals surface area contributed by atoms with Gasteiger partial charge in [-0.25, -0.2) is 18.3 Å². The molecular weight excluding hydrogens is 390 g/mol. The van der Waals surface area contributed by atoms with E-state index in [1.807, 2.05) is 0 Å². The molecule has 0 saturated heterocycles. The number of rotatable bonds is 5. The van der Waals surface area contributed by atoms with Gasteiger partial charge in [-0.1, -0.05) is 0 Å². The van der Waals surface area contributed by atoms with Gasteiger partial charge in [-0.2, -0.15) is 10.2 Å². The lowest BCUT2D eigenvalue weighted by Crippen LogP contribution is -2.13. The molecule has 30 heavy (non-hydrogen) atoms. The lowest BCUT2D eigenvalue weighted by Gasteiger charge is -2.10. The molecule has 5 rings (SSSR count). The minimum atomic E-state index is -0.464. The van der Waals surface area contributed by atoms with Crippen LogP contribution in [0.4, 0.5) is 14.5 Å². The van der Waals surface area contributed by atoms with Crippen LogP contribution in [0.1, 0.15) is 34.6 Å². The number of carbonyl (C=O) groups excluding carboxylic acids is 1. The Balaban J connectivity index is 1.44. The first kappa shape index (κ1) is 18.4. The molecule has 1 aromatic carbocycles.